The van der Waals surface area contributed by atoms with Crippen LogP contribution in [0.2, 0.25) is 5.02 Å². The van der Waals surface area contributed by atoms with E-state index in [4.69, 9.17) is 21.2 Å². The van der Waals surface area contributed by atoms with E-state index < -0.39 is 27.5 Å². The van der Waals surface area contributed by atoms with Gasteiger partial charge in [0.05, 0.1) is 11.3 Å². The van der Waals surface area contributed by atoms with Crippen LogP contribution in [0, 0.1) is 5.92 Å². The van der Waals surface area contributed by atoms with Crippen molar-refractivity contribution in [2.24, 2.45) is 5.92 Å². The maximum atomic E-state index is 13.6. The molecule has 8 nitrogen and oxygen atoms in total. The van der Waals surface area contributed by atoms with Gasteiger partial charge in [0.25, 0.3) is 10.0 Å². The minimum atomic E-state index is -4.71. The summed E-state index contributed by atoms with van der Waals surface area (Å²) >= 11 is 6.10. The number of pyridine rings is 2. The van der Waals surface area contributed by atoms with Crippen LogP contribution in [0.3, 0.4) is 0 Å². The number of anilines is 2. The Morgan fingerprint density at radius 2 is 1.76 bits per heavy atom. The summed E-state index contributed by atoms with van der Waals surface area (Å²) in [4.78, 5) is 26.5. The number of halogens is 4. The van der Waals surface area contributed by atoms with Crippen molar-refractivity contribution in [3.8, 4) is 11.3 Å². The molecule has 1 aliphatic rings. The minimum Gasteiger partial charge on any atom is -0.356 e. The van der Waals surface area contributed by atoms with Crippen LogP contribution in [-0.4, -0.2) is 37.6 Å². The first-order chi connectivity index (χ1) is 17.5. The van der Waals surface area contributed by atoms with E-state index in [9.17, 15) is 21.6 Å². The molecular formula is C24H22ClF3N4O4S. The first-order valence-electron chi connectivity index (χ1n) is 11.0. The average molecular weight is 555 g/mol. The highest BCUT2D eigenvalue weighted by Gasteiger charge is 2.35. The van der Waals surface area contributed by atoms with Crippen LogP contribution >= 0.6 is 11.6 Å². The molecule has 1 saturated heterocycles. The molecule has 37 heavy (non-hydrogen) atoms. The van der Waals surface area contributed by atoms with Crippen LogP contribution in [0.25, 0.3) is 11.3 Å². The van der Waals surface area contributed by atoms with Crippen molar-refractivity contribution in [3.63, 3.8) is 0 Å². The SMILES string of the molecule is CC1CCCN(c2cccc(S(=O)(=O)Nc3ccc(C(F)(F)F)c(-c4ccccc4Cl)n3)n2)C1.O=C=O. The molecule has 1 fully saturated rings. The summed E-state index contributed by atoms with van der Waals surface area (Å²) in [6.45, 7) is 3.67. The van der Waals surface area contributed by atoms with Crippen molar-refractivity contribution in [2.45, 2.75) is 31.0 Å². The Balaban J connectivity index is 0.00000121. The van der Waals surface area contributed by atoms with Crippen LogP contribution in [0.15, 0.2) is 59.6 Å². The second-order valence-corrected chi connectivity index (χ2v) is 10.3. The van der Waals surface area contributed by atoms with Gasteiger partial charge in [-0.2, -0.15) is 31.2 Å². The second-order valence-electron chi connectivity index (χ2n) is 8.29. The number of rotatable bonds is 5. The number of hydrogen-bond acceptors (Lipinski definition) is 7. The summed E-state index contributed by atoms with van der Waals surface area (Å²) in [6.07, 6.45) is -2.37. The zero-order valence-corrected chi connectivity index (χ0v) is 21.1. The zero-order valence-electron chi connectivity index (χ0n) is 19.5. The number of sulfonamides is 1. The van der Waals surface area contributed by atoms with Gasteiger partial charge in [-0.3, -0.25) is 4.72 Å². The summed E-state index contributed by atoms with van der Waals surface area (Å²) in [5.41, 5.74) is -1.46. The van der Waals surface area contributed by atoms with Gasteiger partial charge in [-0.05, 0) is 49.1 Å². The molecule has 0 amide bonds. The lowest BCUT2D eigenvalue weighted by molar-refractivity contribution is -0.191. The van der Waals surface area contributed by atoms with Gasteiger partial charge in [0.1, 0.15) is 11.6 Å². The van der Waals surface area contributed by atoms with Crippen molar-refractivity contribution < 1.29 is 31.2 Å². The Bertz CT molecular complexity index is 1400. The zero-order chi connectivity index (χ0) is 27.2. The van der Waals surface area contributed by atoms with Crippen LogP contribution in [0.5, 0.6) is 0 Å². The number of alkyl halides is 3. The Labute approximate surface area is 216 Å². The second kappa shape index (κ2) is 11.7. The number of hydrogen-bond donors (Lipinski definition) is 1. The quantitative estimate of drug-likeness (QED) is 0.457. The van der Waals surface area contributed by atoms with Gasteiger partial charge in [-0.25, -0.2) is 9.97 Å². The van der Waals surface area contributed by atoms with Crippen LogP contribution in [0.4, 0.5) is 24.8 Å². The summed E-state index contributed by atoms with van der Waals surface area (Å²) in [7, 11) is -4.21. The molecule has 3 aromatic rings. The van der Waals surface area contributed by atoms with E-state index in [0.29, 0.717) is 11.7 Å². The van der Waals surface area contributed by atoms with E-state index in [-0.39, 0.29) is 27.6 Å². The molecule has 1 aliphatic heterocycles. The fourth-order valence-electron chi connectivity index (χ4n) is 3.92. The van der Waals surface area contributed by atoms with Gasteiger partial charge in [-0.15, -0.1) is 0 Å². The maximum absolute atomic E-state index is 13.6. The van der Waals surface area contributed by atoms with Crippen molar-refractivity contribution in [1.82, 2.24) is 9.97 Å². The van der Waals surface area contributed by atoms with Gasteiger partial charge in [0.2, 0.25) is 0 Å². The molecule has 0 aliphatic carbocycles. The summed E-state index contributed by atoms with van der Waals surface area (Å²) in [5, 5.41) is -0.185. The number of nitrogens with one attached hydrogen (secondary N) is 1. The fourth-order valence-corrected chi connectivity index (χ4v) is 5.11. The first kappa shape index (κ1) is 28.1. The minimum absolute atomic E-state index is 0.0388. The van der Waals surface area contributed by atoms with Crippen molar-refractivity contribution >= 4 is 39.4 Å². The maximum Gasteiger partial charge on any atom is 0.418 e. The molecule has 3 heterocycles. The highest BCUT2D eigenvalue weighted by Crippen LogP contribution is 2.39. The van der Waals surface area contributed by atoms with Crippen LogP contribution in [0.1, 0.15) is 25.3 Å². The van der Waals surface area contributed by atoms with Crippen molar-refractivity contribution in [2.75, 3.05) is 22.7 Å². The van der Waals surface area contributed by atoms with Gasteiger partial charge >= 0.3 is 12.3 Å². The average Bonchev–Trinajstić information content (AvgIpc) is 2.84. The van der Waals surface area contributed by atoms with Gasteiger partial charge in [0.15, 0.2) is 5.03 Å². The first-order valence-corrected chi connectivity index (χ1v) is 12.9. The van der Waals surface area contributed by atoms with Crippen LogP contribution < -0.4 is 9.62 Å². The van der Waals surface area contributed by atoms with Crippen molar-refractivity contribution in [3.05, 3.63) is 65.2 Å². The van der Waals surface area contributed by atoms with Crippen molar-refractivity contribution in [1.29, 1.82) is 0 Å². The van der Waals surface area contributed by atoms with E-state index >= 15 is 0 Å². The summed E-state index contributed by atoms with van der Waals surface area (Å²) in [5.74, 6) is 0.724. The Morgan fingerprint density at radius 3 is 2.41 bits per heavy atom. The number of aromatic nitrogens is 2. The lowest BCUT2D eigenvalue weighted by Crippen LogP contribution is -2.35. The van der Waals surface area contributed by atoms with E-state index in [2.05, 4.69) is 21.6 Å². The number of nitrogens with zero attached hydrogens (tertiary/aromatic N) is 3. The molecule has 196 valence electrons. The van der Waals surface area contributed by atoms with Gasteiger partial charge in [0, 0.05) is 23.7 Å². The third-order valence-electron chi connectivity index (χ3n) is 5.53. The standard InChI is InChI=1S/C23H22ClF3N4O2S.CO2/c1-15-6-5-13-31(14-15)20-9-4-10-21(29-20)34(32,33)30-19-12-11-17(23(25,26)27)22(28-19)16-7-2-3-8-18(16)24;2-1-3/h2-4,7-12,15H,5-6,13-14H2,1H3,(H,28,30);. The van der Waals surface area contributed by atoms with E-state index in [0.717, 1.165) is 38.1 Å². The molecule has 1 N–H and O–H groups in total. The largest absolute Gasteiger partial charge is 0.418 e. The smallest absolute Gasteiger partial charge is 0.356 e. The fraction of sp³-hybridized carbons (Fsp3) is 0.292. The van der Waals surface area contributed by atoms with Gasteiger partial charge in [-0.1, -0.05) is 42.8 Å². The highest BCUT2D eigenvalue weighted by molar-refractivity contribution is 7.92. The normalized spacial score (nSPS) is 15.8. The molecule has 0 spiro atoms. The third kappa shape index (κ3) is 7.06. The van der Waals surface area contributed by atoms with E-state index in [1.807, 2.05) is 4.90 Å². The molecule has 0 saturated carbocycles. The third-order valence-corrected chi connectivity index (χ3v) is 7.12. The Morgan fingerprint density at radius 1 is 1.05 bits per heavy atom. The number of benzene rings is 1. The molecule has 0 bridgehead atoms. The molecule has 2 aromatic heterocycles. The Kier molecular flexibility index (Phi) is 8.90. The van der Waals surface area contributed by atoms with E-state index in [1.54, 1.807) is 18.2 Å². The molecule has 1 atom stereocenters. The number of piperidine rings is 1. The molecule has 13 heteroatoms. The van der Waals surface area contributed by atoms with E-state index in [1.165, 1.54) is 24.3 Å². The van der Waals surface area contributed by atoms with Gasteiger partial charge < -0.3 is 4.90 Å². The highest BCUT2D eigenvalue weighted by atomic mass is 35.5. The molecule has 1 unspecified atom stereocenters. The predicted molar refractivity (Wildman–Crippen MR) is 130 cm³/mol. The molecular weight excluding hydrogens is 533 g/mol. The molecule has 0 radical (unpaired) electrons. The topological polar surface area (TPSA) is 109 Å². The summed E-state index contributed by atoms with van der Waals surface area (Å²) < 4.78 is 69.1. The molecule has 1 aromatic carbocycles. The number of carbonyl (C=O) groups excluding carboxylic acids is 2. The lowest BCUT2D eigenvalue weighted by Gasteiger charge is -2.31. The molecule has 4 rings (SSSR count). The Hall–Kier alpha value is -3.47. The van der Waals surface area contributed by atoms with Crippen LogP contribution in [-0.2, 0) is 25.8 Å². The lowest BCUT2D eigenvalue weighted by atomic mass is 10.0. The predicted octanol–water partition coefficient (Wildman–Crippen LogP) is 5.27. The monoisotopic (exact) mass is 554 g/mol. The summed E-state index contributed by atoms with van der Waals surface area (Å²) in [6, 6.07) is 12.3.